The molecule has 1 aromatic rings. The molecule has 0 bridgehead atoms. The molecular weight excluding hydrogens is 260 g/mol. The van der Waals surface area contributed by atoms with Gasteiger partial charge in [0.2, 0.25) is 0 Å². The zero-order valence-electron chi connectivity index (χ0n) is 13.8. The number of aryl methyl sites for hydroxylation is 1. The highest BCUT2D eigenvalue weighted by molar-refractivity contribution is 5.26. The lowest BCUT2D eigenvalue weighted by molar-refractivity contribution is -0.0468. The van der Waals surface area contributed by atoms with E-state index >= 15 is 0 Å². The standard InChI is InChI=1S/C18H30N2O/c1-4-11-20-12-13-21-17(14-20)18(19-6-3)16-9-7-15(5-2)8-10-16/h7-10,17-19H,4-6,11-14H2,1-3H3. The first kappa shape index (κ1) is 16.5. The second kappa shape index (κ2) is 8.52. The molecule has 0 aliphatic carbocycles. The van der Waals surface area contributed by atoms with Gasteiger partial charge < -0.3 is 10.1 Å². The van der Waals surface area contributed by atoms with Crippen LogP contribution in [0.2, 0.25) is 0 Å². The number of likely N-dealkylation sites (N-methyl/N-ethyl adjacent to an activating group) is 1. The quantitative estimate of drug-likeness (QED) is 0.835. The van der Waals surface area contributed by atoms with Gasteiger partial charge in [0, 0.05) is 13.1 Å². The number of nitrogens with zero attached hydrogens (tertiary/aromatic N) is 1. The third-order valence-corrected chi connectivity index (χ3v) is 4.26. The van der Waals surface area contributed by atoms with Crippen LogP contribution in [0, 0.1) is 0 Å². The fraction of sp³-hybridized carbons (Fsp3) is 0.667. The van der Waals surface area contributed by atoms with Gasteiger partial charge in [-0.25, -0.2) is 0 Å². The zero-order valence-corrected chi connectivity index (χ0v) is 13.8. The molecule has 21 heavy (non-hydrogen) atoms. The summed E-state index contributed by atoms with van der Waals surface area (Å²) < 4.78 is 6.08. The smallest absolute Gasteiger partial charge is 0.0896 e. The summed E-state index contributed by atoms with van der Waals surface area (Å²) in [6.07, 6.45) is 2.55. The Morgan fingerprint density at radius 2 is 2.00 bits per heavy atom. The molecule has 1 aromatic carbocycles. The second-order valence-electron chi connectivity index (χ2n) is 5.84. The van der Waals surface area contributed by atoms with Crippen molar-refractivity contribution in [2.45, 2.75) is 45.8 Å². The molecule has 0 radical (unpaired) electrons. The van der Waals surface area contributed by atoms with Crippen molar-refractivity contribution < 1.29 is 4.74 Å². The van der Waals surface area contributed by atoms with Gasteiger partial charge in [-0.2, -0.15) is 0 Å². The lowest BCUT2D eigenvalue weighted by Crippen LogP contribution is -2.48. The average molecular weight is 290 g/mol. The van der Waals surface area contributed by atoms with Crippen molar-refractivity contribution in [3.05, 3.63) is 35.4 Å². The van der Waals surface area contributed by atoms with Crippen molar-refractivity contribution in [1.82, 2.24) is 10.2 Å². The second-order valence-corrected chi connectivity index (χ2v) is 5.84. The van der Waals surface area contributed by atoms with Gasteiger partial charge in [0.25, 0.3) is 0 Å². The topological polar surface area (TPSA) is 24.5 Å². The molecule has 1 heterocycles. The first-order valence-electron chi connectivity index (χ1n) is 8.44. The van der Waals surface area contributed by atoms with E-state index in [0.717, 1.165) is 32.7 Å². The van der Waals surface area contributed by atoms with Crippen molar-refractivity contribution >= 4 is 0 Å². The Labute approximate surface area is 129 Å². The molecule has 1 aliphatic heterocycles. The molecule has 1 fully saturated rings. The normalized spacial score (nSPS) is 21.4. The fourth-order valence-electron chi connectivity index (χ4n) is 3.10. The van der Waals surface area contributed by atoms with Crippen LogP contribution in [0.3, 0.4) is 0 Å². The Kier molecular flexibility index (Phi) is 6.68. The summed E-state index contributed by atoms with van der Waals surface area (Å²) in [7, 11) is 0. The number of rotatable bonds is 7. The van der Waals surface area contributed by atoms with E-state index in [1.807, 2.05) is 0 Å². The minimum absolute atomic E-state index is 0.248. The monoisotopic (exact) mass is 290 g/mol. The van der Waals surface area contributed by atoms with Crippen LogP contribution < -0.4 is 5.32 Å². The number of hydrogen-bond donors (Lipinski definition) is 1. The Balaban J connectivity index is 2.09. The number of ether oxygens (including phenoxy) is 1. The average Bonchev–Trinajstić information content (AvgIpc) is 2.53. The highest BCUT2D eigenvalue weighted by atomic mass is 16.5. The van der Waals surface area contributed by atoms with Crippen molar-refractivity contribution in [2.75, 3.05) is 32.8 Å². The van der Waals surface area contributed by atoms with Gasteiger partial charge in [0.1, 0.15) is 0 Å². The predicted octanol–water partition coefficient (Wildman–Crippen LogP) is 3.01. The SMILES string of the molecule is CCCN1CCOC(C(NCC)c2ccc(CC)cc2)C1. The summed E-state index contributed by atoms with van der Waals surface area (Å²) in [6.45, 7) is 11.7. The van der Waals surface area contributed by atoms with E-state index in [2.05, 4.69) is 55.3 Å². The molecule has 1 aliphatic rings. The maximum Gasteiger partial charge on any atom is 0.0896 e. The van der Waals surface area contributed by atoms with E-state index in [-0.39, 0.29) is 6.10 Å². The van der Waals surface area contributed by atoms with E-state index in [4.69, 9.17) is 4.74 Å². The molecule has 3 heteroatoms. The van der Waals surface area contributed by atoms with Crippen LogP contribution in [0.1, 0.15) is 44.4 Å². The van der Waals surface area contributed by atoms with E-state index in [9.17, 15) is 0 Å². The third kappa shape index (κ3) is 4.53. The van der Waals surface area contributed by atoms with Crippen LogP contribution in [0.4, 0.5) is 0 Å². The van der Waals surface area contributed by atoms with E-state index in [1.54, 1.807) is 0 Å². The molecule has 1 saturated heterocycles. The van der Waals surface area contributed by atoms with Crippen LogP contribution in [-0.2, 0) is 11.2 Å². The van der Waals surface area contributed by atoms with Crippen molar-refractivity contribution in [3.8, 4) is 0 Å². The fourth-order valence-corrected chi connectivity index (χ4v) is 3.10. The molecule has 0 amide bonds. The summed E-state index contributed by atoms with van der Waals surface area (Å²) in [5.41, 5.74) is 2.74. The molecule has 2 rings (SSSR count). The number of benzene rings is 1. The molecule has 2 atom stereocenters. The Bertz CT molecular complexity index is 402. The number of hydrogen-bond acceptors (Lipinski definition) is 3. The summed E-state index contributed by atoms with van der Waals surface area (Å²) in [4.78, 5) is 2.53. The van der Waals surface area contributed by atoms with Crippen LogP contribution in [0.5, 0.6) is 0 Å². The number of nitrogens with one attached hydrogen (secondary N) is 1. The largest absolute Gasteiger partial charge is 0.374 e. The third-order valence-electron chi connectivity index (χ3n) is 4.26. The van der Waals surface area contributed by atoms with Gasteiger partial charge in [0.15, 0.2) is 0 Å². The lowest BCUT2D eigenvalue weighted by atomic mass is 9.98. The van der Waals surface area contributed by atoms with Crippen LogP contribution >= 0.6 is 0 Å². The van der Waals surface area contributed by atoms with Crippen LogP contribution in [0.15, 0.2) is 24.3 Å². The van der Waals surface area contributed by atoms with Gasteiger partial charge in [0.05, 0.1) is 18.8 Å². The molecule has 2 unspecified atom stereocenters. The molecule has 3 nitrogen and oxygen atoms in total. The molecular formula is C18H30N2O. The summed E-state index contributed by atoms with van der Waals surface area (Å²) in [6, 6.07) is 9.29. The summed E-state index contributed by atoms with van der Waals surface area (Å²) >= 11 is 0. The molecule has 118 valence electrons. The van der Waals surface area contributed by atoms with Gasteiger partial charge in [-0.1, -0.05) is 45.0 Å². The maximum absolute atomic E-state index is 6.08. The van der Waals surface area contributed by atoms with Crippen LogP contribution in [-0.4, -0.2) is 43.8 Å². The minimum atomic E-state index is 0.248. The van der Waals surface area contributed by atoms with Gasteiger partial charge in [-0.05, 0) is 37.1 Å². The maximum atomic E-state index is 6.08. The number of morpholine rings is 1. The molecule has 0 aromatic heterocycles. The van der Waals surface area contributed by atoms with Gasteiger partial charge in [-0.3, -0.25) is 4.90 Å². The Hall–Kier alpha value is -0.900. The van der Waals surface area contributed by atoms with Crippen molar-refractivity contribution in [3.63, 3.8) is 0 Å². The van der Waals surface area contributed by atoms with E-state index < -0.39 is 0 Å². The first-order valence-corrected chi connectivity index (χ1v) is 8.44. The van der Waals surface area contributed by atoms with Crippen molar-refractivity contribution in [2.24, 2.45) is 0 Å². The van der Waals surface area contributed by atoms with Crippen molar-refractivity contribution in [1.29, 1.82) is 0 Å². The summed E-state index contributed by atoms with van der Waals surface area (Å²) in [5.74, 6) is 0. The van der Waals surface area contributed by atoms with E-state index in [1.165, 1.54) is 24.1 Å². The molecule has 0 spiro atoms. The highest BCUT2D eigenvalue weighted by Crippen LogP contribution is 2.23. The summed E-state index contributed by atoms with van der Waals surface area (Å²) in [5, 5.41) is 3.62. The van der Waals surface area contributed by atoms with Crippen LogP contribution in [0.25, 0.3) is 0 Å². The zero-order chi connectivity index (χ0) is 15.1. The predicted molar refractivity (Wildman–Crippen MR) is 88.7 cm³/mol. The Morgan fingerprint density at radius 1 is 1.24 bits per heavy atom. The van der Waals surface area contributed by atoms with E-state index in [0.29, 0.717) is 6.04 Å². The molecule has 0 saturated carbocycles. The highest BCUT2D eigenvalue weighted by Gasteiger charge is 2.28. The minimum Gasteiger partial charge on any atom is -0.374 e. The first-order chi connectivity index (χ1) is 10.3. The Morgan fingerprint density at radius 3 is 2.62 bits per heavy atom. The lowest BCUT2D eigenvalue weighted by Gasteiger charge is -2.37. The molecule has 1 N–H and O–H groups in total. The van der Waals surface area contributed by atoms with Gasteiger partial charge in [-0.15, -0.1) is 0 Å². The van der Waals surface area contributed by atoms with Gasteiger partial charge >= 0.3 is 0 Å².